The fourth-order valence-corrected chi connectivity index (χ4v) is 3.80. The van der Waals surface area contributed by atoms with Crippen LogP contribution in [0.1, 0.15) is 38.4 Å². The van der Waals surface area contributed by atoms with Crippen LogP contribution in [-0.2, 0) is 19.3 Å². The lowest BCUT2D eigenvalue weighted by atomic mass is 10.1. The zero-order valence-corrected chi connectivity index (χ0v) is 20.0. The first kappa shape index (κ1) is 23.7. The Morgan fingerprint density at radius 3 is 2.44 bits per heavy atom. The molecule has 176 valence electrons. The highest BCUT2D eigenvalue weighted by atomic mass is 79.9. The first-order valence-electron chi connectivity index (χ1n) is 10.4. The van der Waals surface area contributed by atoms with Crippen LogP contribution in [0.15, 0.2) is 65.4 Å². The molecule has 2 heterocycles. The van der Waals surface area contributed by atoms with Crippen molar-refractivity contribution in [3.05, 3.63) is 99.0 Å². The Morgan fingerprint density at radius 2 is 1.79 bits per heavy atom. The second kappa shape index (κ2) is 9.46. The summed E-state index contributed by atoms with van der Waals surface area (Å²) in [6.45, 7) is 4.65. The molecule has 0 aliphatic carbocycles. The van der Waals surface area contributed by atoms with Gasteiger partial charge < -0.3 is 5.32 Å². The summed E-state index contributed by atoms with van der Waals surface area (Å²) in [5.74, 6) is -0.306. The number of amides is 1. The van der Waals surface area contributed by atoms with Crippen molar-refractivity contribution in [2.75, 3.05) is 5.32 Å². The third-order valence-corrected chi connectivity index (χ3v) is 6.48. The van der Waals surface area contributed by atoms with Gasteiger partial charge in [0.05, 0.1) is 46.4 Å². The zero-order chi connectivity index (χ0) is 24.5. The number of benzene rings is 2. The number of nitrogens with zero attached hydrogens (tertiary/aromatic N) is 4. The summed E-state index contributed by atoms with van der Waals surface area (Å²) in [6.07, 6.45) is -1.37. The van der Waals surface area contributed by atoms with Gasteiger partial charge in [-0.1, -0.05) is 24.3 Å². The molecule has 1 N–H and O–H groups in total. The molecule has 0 spiro atoms. The predicted molar refractivity (Wildman–Crippen MR) is 126 cm³/mol. The van der Waals surface area contributed by atoms with Crippen LogP contribution >= 0.6 is 15.9 Å². The molecule has 0 atom stereocenters. The smallest absolute Gasteiger partial charge is 0.319 e. The summed E-state index contributed by atoms with van der Waals surface area (Å²) in [5.41, 5.74) is 3.63. The van der Waals surface area contributed by atoms with Crippen LogP contribution in [0.4, 0.5) is 18.9 Å². The van der Waals surface area contributed by atoms with Crippen LogP contribution in [0, 0.1) is 13.8 Å². The molecule has 4 aromatic rings. The highest BCUT2D eigenvalue weighted by molar-refractivity contribution is 9.10. The minimum absolute atomic E-state index is 0.150. The number of aryl methyl sites for hydroxylation is 1. The van der Waals surface area contributed by atoms with Gasteiger partial charge in [-0.05, 0) is 65.2 Å². The number of carbonyl (C=O) groups excluding carboxylic acids is 1. The molecule has 0 fully saturated rings. The molecular weight excluding hydrogens is 511 g/mol. The molecule has 34 heavy (non-hydrogen) atoms. The number of alkyl halides is 3. The molecule has 6 nitrogen and oxygen atoms in total. The Bertz CT molecular complexity index is 1330. The standard InChI is InChI=1S/C24H21BrF3N5O/c1-15-22(25)16(2)33(31-15)13-17-6-8-19(9-7-17)23(34)30-21-11-29-32(14-21)12-18-4-3-5-20(10-18)24(26,27)28/h3-11,14H,12-13H2,1-2H3,(H,30,34). The van der Waals surface area contributed by atoms with E-state index in [1.165, 1.54) is 16.9 Å². The Hall–Kier alpha value is -3.40. The van der Waals surface area contributed by atoms with Crippen molar-refractivity contribution in [1.82, 2.24) is 19.6 Å². The fraction of sp³-hybridized carbons (Fsp3) is 0.208. The maximum atomic E-state index is 12.9. The van der Waals surface area contributed by atoms with E-state index in [-0.39, 0.29) is 12.5 Å². The van der Waals surface area contributed by atoms with Crippen molar-refractivity contribution in [3.63, 3.8) is 0 Å². The number of anilines is 1. The first-order chi connectivity index (χ1) is 16.1. The van der Waals surface area contributed by atoms with Crippen LogP contribution in [0.3, 0.4) is 0 Å². The van der Waals surface area contributed by atoms with E-state index in [0.717, 1.165) is 33.6 Å². The number of aromatic nitrogens is 4. The molecule has 4 rings (SSSR count). The van der Waals surface area contributed by atoms with E-state index in [0.29, 0.717) is 23.4 Å². The van der Waals surface area contributed by atoms with Gasteiger partial charge in [-0.15, -0.1) is 0 Å². The topological polar surface area (TPSA) is 64.7 Å². The van der Waals surface area contributed by atoms with Crippen LogP contribution in [-0.4, -0.2) is 25.5 Å². The maximum Gasteiger partial charge on any atom is 0.416 e. The average Bonchev–Trinajstić information content (AvgIpc) is 3.33. The highest BCUT2D eigenvalue weighted by Gasteiger charge is 2.30. The van der Waals surface area contributed by atoms with Crippen LogP contribution in [0.5, 0.6) is 0 Å². The summed E-state index contributed by atoms with van der Waals surface area (Å²) < 4.78 is 43.1. The summed E-state index contributed by atoms with van der Waals surface area (Å²) in [7, 11) is 0. The minimum atomic E-state index is -4.40. The maximum absolute atomic E-state index is 12.9. The molecule has 0 unspecified atom stereocenters. The summed E-state index contributed by atoms with van der Waals surface area (Å²) in [4.78, 5) is 12.6. The van der Waals surface area contributed by atoms with Gasteiger partial charge in [-0.3, -0.25) is 14.2 Å². The van der Waals surface area contributed by atoms with E-state index in [1.54, 1.807) is 24.4 Å². The second-order valence-corrected chi connectivity index (χ2v) is 8.71. The Kier molecular flexibility index (Phi) is 6.60. The molecule has 2 aromatic heterocycles. The Balaban J connectivity index is 1.38. The van der Waals surface area contributed by atoms with Gasteiger partial charge in [0.1, 0.15) is 0 Å². The van der Waals surface area contributed by atoms with E-state index < -0.39 is 11.7 Å². The summed E-state index contributed by atoms with van der Waals surface area (Å²) >= 11 is 3.52. The van der Waals surface area contributed by atoms with E-state index in [1.807, 2.05) is 30.7 Å². The molecule has 0 saturated carbocycles. The van der Waals surface area contributed by atoms with E-state index in [4.69, 9.17) is 0 Å². The molecule has 1 amide bonds. The van der Waals surface area contributed by atoms with Crippen molar-refractivity contribution in [3.8, 4) is 0 Å². The summed E-state index contributed by atoms with van der Waals surface area (Å²) in [5, 5.41) is 11.4. The molecule has 0 bridgehead atoms. The van der Waals surface area contributed by atoms with Gasteiger partial charge in [0.2, 0.25) is 0 Å². The Labute approximate surface area is 202 Å². The molecule has 0 aliphatic rings. The number of halogens is 4. The van der Waals surface area contributed by atoms with Crippen molar-refractivity contribution in [1.29, 1.82) is 0 Å². The molecule has 0 radical (unpaired) electrons. The number of carbonyl (C=O) groups is 1. The third-order valence-electron chi connectivity index (χ3n) is 5.33. The average molecular weight is 532 g/mol. The van der Waals surface area contributed by atoms with Gasteiger partial charge in [0.15, 0.2) is 0 Å². The Morgan fingerprint density at radius 1 is 1.06 bits per heavy atom. The van der Waals surface area contributed by atoms with Crippen LogP contribution < -0.4 is 5.32 Å². The predicted octanol–water partition coefficient (Wildman–Crippen LogP) is 5.83. The second-order valence-electron chi connectivity index (χ2n) is 7.92. The van der Waals surface area contributed by atoms with Crippen molar-refractivity contribution in [2.45, 2.75) is 33.1 Å². The van der Waals surface area contributed by atoms with Gasteiger partial charge >= 0.3 is 6.18 Å². The lowest BCUT2D eigenvalue weighted by molar-refractivity contribution is -0.137. The normalized spacial score (nSPS) is 11.6. The van der Waals surface area contributed by atoms with E-state index in [9.17, 15) is 18.0 Å². The first-order valence-corrected chi connectivity index (χ1v) is 11.2. The van der Waals surface area contributed by atoms with Gasteiger partial charge in [-0.2, -0.15) is 23.4 Å². The lowest BCUT2D eigenvalue weighted by Crippen LogP contribution is -2.12. The van der Waals surface area contributed by atoms with Gasteiger partial charge in [-0.25, -0.2) is 0 Å². The zero-order valence-electron chi connectivity index (χ0n) is 18.4. The third kappa shape index (κ3) is 5.39. The number of hydrogen-bond donors (Lipinski definition) is 1. The van der Waals surface area contributed by atoms with Crippen LogP contribution in [0.25, 0.3) is 0 Å². The number of hydrogen-bond acceptors (Lipinski definition) is 3. The molecule has 10 heteroatoms. The van der Waals surface area contributed by atoms with E-state index >= 15 is 0 Å². The van der Waals surface area contributed by atoms with E-state index in [2.05, 4.69) is 31.4 Å². The highest BCUT2D eigenvalue weighted by Crippen LogP contribution is 2.29. The molecular formula is C24H21BrF3N5O. The largest absolute Gasteiger partial charge is 0.416 e. The lowest BCUT2D eigenvalue weighted by Gasteiger charge is -2.08. The van der Waals surface area contributed by atoms with Crippen molar-refractivity contribution in [2.24, 2.45) is 0 Å². The monoisotopic (exact) mass is 531 g/mol. The molecule has 0 aliphatic heterocycles. The van der Waals surface area contributed by atoms with Gasteiger partial charge in [0, 0.05) is 11.8 Å². The van der Waals surface area contributed by atoms with Crippen molar-refractivity contribution >= 4 is 27.5 Å². The molecule has 0 saturated heterocycles. The fourth-order valence-electron chi connectivity index (χ4n) is 3.51. The number of nitrogens with one attached hydrogen (secondary N) is 1. The SMILES string of the molecule is Cc1nn(Cc2ccc(C(=O)Nc3cnn(Cc4cccc(C(F)(F)F)c4)c3)cc2)c(C)c1Br. The van der Waals surface area contributed by atoms with Crippen molar-refractivity contribution < 1.29 is 18.0 Å². The minimum Gasteiger partial charge on any atom is -0.319 e. The van der Waals surface area contributed by atoms with Crippen LogP contribution in [0.2, 0.25) is 0 Å². The van der Waals surface area contributed by atoms with Gasteiger partial charge in [0.25, 0.3) is 5.91 Å². The quantitative estimate of drug-likeness (QED) is 0.340. The summed E-state index contributed by atoms with van der Waals surface area (Å²) in [6, 6.07) is 12.3. The molecule has 2 aromatic carbocycles. The number of rotatable bonds is 6.